The van der Waals surface area contributed by atoms with E-state index in [2.05, 4.69) is 10.1 Å². The lowest BCUT2D eigenvalue weighted by atomic mass is 10.3. The number of rotatable bonds is 2. The fraction of sp³-hybridized carbons (Fsp3) is 0. The molecule has 0 saturated carbocycles. The molecule has 1 aromatic heterocycles. The summed E-state index contributed by atoms with van der Waals surface area (Å²) in [7, 11) is -3.67. The maximum atomic E-state index is 11.0. The molecule has 0 amide bonds. The number of aromatic nitrogens is 3. The van der Waals surface area contributed by atoms with Crippen molar-refractivity contribution in [2.45, 2.75) is 4.90 Å². The van der Waals surface area contributed by atoms with Crippen LogP contribution in [0.5, 0.6) is 0 Å². The normalized spacial score (nSPS) is 11.6. The number of hydrogen-bond donors (Lipinski definition) is 2. The van der Waals surface area contributed by atoms with Gasteiger partial charge < -0.3 is 5.73 Å². The first-order chi connectivity index (χ1) is 7.47. The third kappa shape index (κ3) is 2.02. The summed E-state index contributed by atoms with van der Waals surface area (Å²) in [4.78, 5) is 3.80. The van der Waals surface area contributed by atoms with Crippen molar-refractivity contribution in [3.8, 4) is 5.69 Å². The number of benzene rings is 1. The Balaban J connectivity index is 2.40. The summed E-state index contributed by atoms with van der Waals surface area (Å²) in [6.07, 6.45) is 1.43. The molecule has 1 heterocycles. The Morgan fingerprint density at radius 3 is 2.25 bits per heavy atom. The first-order valence-electron chi connectivity index (χ1n) is 4.27. The van der Waals surface area contributed by atoms with Crippen LogP contribution in [0.2, 0.25) is 0 Å². The number of anilines is 1. The molecule has 16 heavy (non-hydrogen) atoms. The van der Waals surface area contributed by atoms with Gasteiger partial charge in [0.2, 0.25) is 16.0 Å². The number of nitrogens with two attached hydrogens (primary N) is 2. The van der Waals surface area contributed by atoms with E-state index in [1.165, 1.54) is 23.1 Å². The minimum atomic E-state index is -3.67. The summed E-state index contributed by atoms with van der Waals surface area (Å²) >= 11 is 0. The Labute approximate surface area is 91.8 Å². The van der Waals surface area contributed by atoms with Crippen LogP contribution in [-0.2, 0) is 10.0 Å². The molecule has 0 fully saturated rings. The second-order valence-electron chi connectivity index (χ2n) is 3.09. The molecule has 0 radical (unpaired) electrons. The number of nitrogens with zero attached hydrogens (tertiary/aromatic N) is 3. The predicted octanol–water partition coefficient (Wildman–Crippen LogP) is -0.503. The van der Waals surface area contributed by atoms with E-state index in [1.807, 2.05) is 0 Å². The monoisotopic (exact) mass is 239 g/mol. The van der Waals surface area contributed by atoms with Crippen LogP contribution in [0.25, 0.3) is 5.69 Å². The van der Waals surface area contributed by atoms with E-state index < -0.39 is 10.0 Å². The van der Waals surface area contributed by atoms with Crippen molar-refractivity contribution in [3.05, 3.63) is 30.6 Å². The minimum absolute atomic E-state index is 0.0457. The van der Waals surface area contributed by atoms with Crippen LogP contribution < -0.4 is 10.9 Å². The van der Waals surface area contributed by atoms with Crippen LogP contribution in [0.3, 0.4) is 0 Å². The van der Waals surface area contributed by atoms with Crippen LogP contribution in [-0.4, -0.2) is 23.2 Å². The third-order valence-corrected chi connectivity index (χ3v) is 2.87. The van der Waals surface area contributed by atoms with Crippen molar-refractivity contribution in [3.63, 3.8) is 0 Å². The van der Waals surface area contributed by atoms with Crippen molar-refractivity contribution < 1.29 is 8.42 Å². The lowest BCUT2D eigenvalue weighted by molar-refractivity contribution is 0.598. The van der Waals surface area contributed by atoms with Crippen molar-refractivity contribution >= 4 is 16.0 Å². The lowest BCUT2D eigenvalue weighted by Crippen LogP contribution is -2.12. The summed E-state index contributed by atoms with van der Waals surface area (Å²) in [6, 6.07) is 5.91. The van der Waals surface area contributed by atoms with Gasteiger partial charge in [0, 0.05) is 0 Å². The molecular weight excluding hydrogens is 230 g/mol. The van der Waals surface area contributed by atoms with Crippen LogP contribution in [0.4, 0.5) is 5.95 Å². The van der Waals surface area contributed by atoms with Gasteiger partial charge in [0.05, 0.1) is 10.6 Å². The fourth-order valence-electron chi connectivity index (χ4n) is 1.19. The Hall–Kier alpha value is -1.93. The first-order valence-corrected chi connectivity index (χ1v) is 5.82. The molecule has 0 aliphatic heterocycles. The molecule has 84 valence electrons. The van der Waals surface area contributed by atoms with Gasteiger partial charge in [-0.1, -0.05) is 0 Å². The highest BCUT2D eigenvalue weighted by Crippen LogP contribution is 2.11. The molecule has 0 bridgehead atoms. The Morgan fingerprint density at radius 1 is 1.19 bits per heavy atom. The molecule has 0 aliphatic rings. The Kier molecular flexibility index (Phi) is 2.37. The van der Waals surface area contributed by atoms with E-state index in [4.69, 9.17) is 10.9 Å². The quantitative estimate of drug-likeness (QED) is 0.732. The van der Waals surface area contributed by atoms with Crippen LogP contribution in [0.15, 0.2) is 35.5 Å². The number of nitrogen functional groups attached to an aromatic ring is 1. The summed E-state index contributed by atoms with van der Waals surface area (Å²) in [6.45, 7) is 0. The third-order valence-electron chi connectivity index (χ3n) is 1.94. The van der Waals surface area contributed by atoms with Gasteiger partial charge in [0.1, 0.15) is 6.33 Å². The highest BCUT2D eigenvalue weighted by molar-refractivity contribution is 7.89. The van der Waals surface area contributed by atoms with Gasteiger partial charge in [-0.05, 0) is 24.3 Å². The minimum Gasteiger partial charge on any atom is -0.366 e. The summed E-state index contributed by atoms with van der Waals surface area (Å²) in [5.74, 6) is 0.149. The van der Waals surface area contributed by atoms with Gasteiger partial charge in [-0.15, -0.1) is 5.10 Å². The van der Waals surface area contributed by atoms with E-state index >= 15 is 0 Å². The molecule has 0 unspecified atom stereocenters. The lowest BCUT2D eigenvalue weighted by Gasteiger charge is -2.01. The molecule has 0 saturated heterocycles. The van der Waals surface area contributed by atoms with Gasteiger partial charge in [-0.2, -0.15) is 0 Å². The van der Waals surface area contributed by atoms with E-state index in [-0.39, 0.29) is 10.8 Å². The van der Waals surface area contributed by atoms with Crippen LogP contribution in [0, 0.1) is 0 Å². The average molecular weight is 239 g/mol. The van der Waals surface area contributed by atoms with Gasteiger partial charge in [0.25, 0.3) is 0 Å². The Morgan fingerprint density at radius 2 is 1.81 bits per heavy atom. The fourth-order valence-corrected chi connectivity index (χ4v) is 1.70. The molecular formula is C8H9N5O2S. The van der Waals surface area contributed by atoms with Gasteiger partial charge in [-0.3, -0.25) is 0 Å². The molecule has 0 spiro atoms. The smallest absolute Gasteiger partial charge is 0.239 e. The van der Waals surface area contributed by atoms with Crippen molar-refractivity contribution in [1.29, 1.82) is 0 Å². The summed E-state index contributed by atoms with van der Waals surface area (Å²) in [5, 5.41) is 8.84. The average Bonchev–Trinajstić information content (AvgIpc) is 2.64. The molecule has 8 heteroatoms. The van der Waals surface area contributed by atoms with E-state index in [9.17, 15) is 8.42 Å². The maximum Gasteiger partial charge on any atom is 0.239 e. The highest BCUT2D eigenvalue weighted by atomic mass is 32.2. The number of sulfonamides is 1. The van der Waals surface area contributed by atoms with Crippen molar-refractivity contribution in [2.24, 2.45) is 5.14 Å². The zero-order valence-electron chi connectivity index (χ0n) is 8.11. The SMILES string of the molecule is Nc1ncn(-c2ccc(S(N)(=O)=O)cc2)n1. The second-order valence-corrected chi connectivity index (χ2v) is 4.65. The van der Waals surface area contributed by atoms with Gasteiger partial charge in [-0.25, -0.2) is 23.2 Å². The number of primary sulfonamides is 1. The largest absolute Gasteiger partial charge is 0.366 e. The molecule has 1 aromatic carbocycles. The van der Waals surface area contributed by atoms with Gasteiger partial charge in [0.15, 0.2) is 0 Å². The standard InChI is InChI=1S/C8H9N5O2S/c9-8-11-5-13(12-8)6-1-3-7(4-2-6)16(10,14)15/h1-5H,(H2,9,12)(H2,10,14,15). The van der Waals surface area contributed by atoms with Crippen molar-refractivity contribution in [1.82, 2.24) is 14.8 Å². The zero-order chi connectivity index (χ0) is 11.8. The summed E-state index contributed by atoms with van der Waals surface area (Å²) < 4.78 is 23.4. The molecule has 4 N–H and O–H groups in total. The maximum absolute atomic E-state index is 11.0. The van der Waals surface area contributed by atoms with E-state index in [0.717, 1.165) is 0 Å². The van der Waals surface area contributed by atoms with E-state index in [0.29, 0.717) is 5.69 Å². The number of hydrogen-bond acceptors (Lipinski definition) is 5. The molecule has 2 rings (SSSR count). The predicted molar refractivity (Wildman–Crippen MR) is 57.1 cm³/mol. The Bertz CT molecular complexity index is 602. The van der Waals surface area contributed by atoms with Crippen LogP contribution in [0.1, 0.15) is 0 Å². The van der Waals surface area contributed by atoms with Gasteiger partial charge >= 0.3 is 0 Å². The molecule has 0 atom stereocenters. The topological polar surface area (TPSA) is 117 Å². The van der Waals surface area contributed by atoms with Crippen LogP contribution >= 0.6 is 0 Å². The molecule has 7 nitrogen and oxygen atoms in total. The highest BCUT2D eigenvalue weighted by Gasteiger charge is 2.07. The second kappa shape index (κ2) is 3.58. The first kappa shape index (κ1) is 10.6. The zero-order valence-corrected chi connectivity index (χ0v) is 8.92. The summed E-state index contributed by atoms with van der Waals surface area (Å²) in [5.41, 5.74) is 6.01. The van der Waals surface area contributed by atoms with Crippen molar-refractivity contribution in [2.75, 3.05) is 5.73 Å². The van der Waals surface area contributed by atoms with E-state index in [1.54, 1.807) is 12.1 Å². The molecule has 2 aromatic rings. The molecule has 0 aliphatic carbocycles.